The molecule has 7 rings (SSSR count). The summed E-state index contributed by atoms with van der Waals surface area (Å²) in [5.74, 6) is -0.107. The van der Waals surface area contributed by atoms with Crippen molar-refractivity contribution in [2.24, 2.45) is 0 Å². The summed E-state index contributed by atoms with van der Waals surface area (Å²) < 4.78 is 75.7. The maximum absolute atomic E-state index is 14.3. The largest absolute Gasteiger partial charge is 0.472 e. The predicted octanol–water partition coefficient (Wildman–Crippen LogP) is 3.29. The molecule has 3 saturated heterocycles. The molecule has 0 radical (unpaired) electrons. The molecule has 4 aromatic rings. The molecule has 59 heavy (non-hydrogen) atoms. The summed E-state index contributed by atoms with van der Waals surface area (Å²) >= 11 is 0. The molecular weight excluding hydrogens is 849 g/mol. The minimum Gasteiger partial charge on any atom is -0.408 e. The number of phosphoric acid groups is 1. The van der Waals surface area contributed by atoms with Gasteiger partial charge in [-0.25, -0.2) is 34.2 Å². The first kappa shape index (κ1) is 44.1. The van der Waals surface area contributed by atoms with Gasteiger partial charge in [0, 0.05) is 0 Å². The third-order valence-corrected chi connectivity index (χ3v) is 22.9. The molecular formula is C32H53N11O12P2Si2. The van der Waals surface area contributed by atoms with Crippen molar-refractivity contribution in [3.05, 3.63) is 29.3 Å². The first-order chi connectivity index (χ1) is 27.2. The Balaban J connectivity index is 1.31. The van der Waals surface area contributed by atoms with Crippen LogP contribution in [0.5, 0.6) is 0 Å². The lowest BCUT2D eigenvalue weighted by molar-refractivity contribution is -0.0585. The second-order valence-corrected chi connectivity index (χ2v) is 30.5. The summed E-state index contributed by atoms with van der Waals surface area (Å²) in [4.78, 5) is 59.5. The molecule has 0 aliphatic carbocycles. The van der Waals surface area contributed by atoms with E-state index in [1.165, 1.54) is 23.5 Å². The number of rotatable bonds is 6. The van der Waals surface area contributed by atoms with E-state index in [1.807, 2.05) is 67.7 Å². The second kappa shape index (κ2) is 15.1. The Labute approximate surface area is 341 Å². The Morgan fingerprint density at radius 3 is 2.03 bits per heavy atom. The number of nitrogens with two attached hydrogens (primary N) is 2. The van der Waals surface area contributed by atoms with Crippen molar-refractivity contribution in [3.63, 3.8) is 0 Å². The summed E-state index contributed by atoms with van der Waals surface area (Å²) in [7, 11) is -15.5. The van der Waals surface area contributed by atoms with E-state index in [4.69, 9.17) is 43.4 Å². The molecule has 3 fully saturated rings. The van der Waals surface area contributed by atoms with Crippen LogP contribution in [0.25, 0.3) is 22.3 Å². The normalized spacial score (nSPS) is 32.8. The van der Waals surface area contributed by atoms with Gasteiger partial charge in [-0.1, -0.05) is 41.5 Å². The molecule has 3 aliphatic rings. The Morgan fingerprint density at radius 1 is 0.814 bits per heavy atom. The molecule has 10 atom stereocenters. The van der Waals surface area contributed by atoms with E-state index in [0.717, 1.165) is 0 Å². The lowest BCUT2D eigenvalue weighted by atomic mass is 10.1. The van der Waals surface area contributed by atoms with Gasteiger partial charge in [-0.05, 0) is 36.3 Å². The van der Waals surface area contributed by atoms with E-state index in [2.05, 4.69) is 35.0 Å². The van der Waals surface area contributed by atoms with Gasteiger partial charge >= 0.3 is 15.6 Å². The van der Waals surface area contributed by atoms with Crippen LogP contribution in [0.1, 0.15) is 54.0 Å². The van der Waals surface area contributed by atoms with Crippen LogP contribution in [0.15, 0.2) is 23.8 Å². The van der Waals surface area contributed by atoms with Gasteiger partial charge in [0.25, 0.3) is 5.56 Å². The first-order valence-corrected chi connectivity index (χ1v) is 27.8. The van der Waals surface area contributed by atoms with Crippen molar-refractivity contribution in [1.29, 1.82) is 0 Å². The summed E-state index contributed by atoms with van der Waals surface area (Å²) in [5, 5.41) is 2.01. The highest BCUT2D eigenvalue weighted by molar-refractivity contribution is 7.50. The van der Waals surface area contributed by atoms with Gasteiger partial charge in [-0.3, -0.25) is 32.5 Å². The molecule has 27 heteroatoms. The number of nitrogens with one attached hydrogen (secondary N) is 2. The smallest absolute Gasteiger partial charge is 0.408 e. The van der Waals surface area contributed by atoms with Crippen LogP contribution in [0.4, 0.5) is 11.8 Å². The number of hydrogen-bond donors (Lipinski definition) is 6. The predicted molar refractivity (Wildman–Crippen MR) is 218 cm³/mol. The van der Waals surface area contributed by atoms with Crippen LogP contribution < -0.4 is 22.1 Å². The lowest BCUT2D eigenvalue weighted by Crippen LogP contribution is -2.52. The number of fused-ring (bicyclic) bond motifs is 5. The molecule has 326 valence electrons. The van der Waals surface area contributed by atoms with E-state index >= 15 is 0 Å². The van der Waals surface area contributed by atoms with E-state index in [1.54, 1.807) is 4.57 Å². The first-order valence-electron chi connectivity index (χ1n) is 18.9. The van der Waals surface area contributed by atoms with Crippen molar-refractivity contribution in [2.75, 3.05) is 24.7 Å². The number of imidazole rings is 2. The Hall–Kier alpha value is -3.01. The molecule has 3 aliphatic heterocycles. The fourth-order valence-corrected chi connectivity index (χ4v) is 11.3. The van der Waals surface area contributed by atoms with Crippen molar-refractivity contribution in [3.8, 4) is 0 Å². The van der Waals surface area contributed by atoms with Crippen LogP contribution in [0.2, 0.25) is 36.3 Å². The van der Waals surface area contributed by atoms with Crippen LogP contribution in [-0.2, 0) is 41.0 Å². The van der Waals surface area contributed by atoms with Gasteiger partial charge in [0.1, 0.15) is 42.4 Å². The fourth-order valence-electron chi connectivity index (χ4n) is 6.68. The lowest BCUT2D eigenvalue weighted by Gasteiger charge is -2.41. The highest BCUT2D eigenvalue weighted by Crippen LogP contribution is 2.54. The molecule has 8 N–H and O–H groups in total. The Kier molecular flexibility index (Phi) is 11.3. The molecule has 4 aromatic heterocycles. The minimum atomic E-state index is -5.11. The van der Waals surface area contributed by atoms with Gasteiger partial charge in [0.15, 0.2) is 51.7 Å². The molecule has 0 aromatic carbocycles. The quantitative estimate of drug-likeness (QED) is 0.119. The number of anilines is 2. The summed E-state index contributed by atoms with van der Waals surface area (Å²) in [6.45, 7) is 18.7. The van der Waals surface area contributed by atoms with Gasteiger partial charge in [-0.15, -0.1) is 0 Å². The zero-order valence-electron chi connectivity index (χ0n) is 34.4. The monoisotopic (exact) mass is 901 g/mol. The number of aromatic amines is 1. The molecule has 23 nitrogen and oxygen atoms in total. The Morgan fingerprint density at radius 2 is 1.39 bits per heavy atom. The number of nitrogens with zero attached hydrogens (tertiary/aromatic N) is 7. The third-order valence-electron chi connectivity index (χ3n) is 11.9. The van der Waals surface area contributed by atoms with Crippen molar-refractivity contribution < 1.29 is 50.8 Å². The van der Waals surface area contributed by atoms with Gasteiger partial charge in [0.05, 0.1) is 31.9 Å². The SMILES string of the molecule is CC(C)(C)[Si](C)(C)OC1C2COP(=O)(O)NC3C(COP(=O)(O)OC1C(n1cnc4c(=O)[nH]c(N)nc41)O2)OC(n1cnc2c(N)ncnc21)C3O[Si](C)(C)C(C)(C)C. The second-order valence-electron chi connectivity index (χ2n) is 18.0. The molecule has 7 heterocycles. The molecule has 0 amide bonds. The minimum absolute atomic E-state index is 0.0261. The van der Waals surface area contributed by atoms with E-state index in [0.29, 0.717) is 5.65 Å². The van der Waals surface area contributed by atoms with Gasteiger partial charge in [0.2, 0.25) is 5.95 Å². The highest BCUT2D eigenvalue weighted by atomic mass is 31.2. The van der Waals surface area contributed by atoms with E-state index in [-0.39, 0.29) is 38.5 Å². The summed E-state index contributed by atoms with van der Waals surface area (Å²) in [5.41, 5.74) is 11.8. The zero-order chi connectivity index (χ0) is 43.2. The number of ether oxygens (including phenoxy) is 2. The average Bonchev–Trinajstić information content (AvgIpc) is 3.86. The maximum atomic E-state index is 14.3. The zero-order valence-corrected chi connectivity index (χ0v) is 38.2. The molecule has 10 unspecified atom stereocenters. The van der Waals surface area contributed by atoms with E-state index in [9.17, 15) is 23.7 Å². The van der Waals surface area contributed by atoms with Crippen molar-refractivity contribution >= 4 is 66.3 Å². The van der Waals surface area contributed by atoms with Crippen molar-refractivity contribution in [1.82, 2.24) is 44.1 Å². The number of phosphoric ester groups is 1. The van der Waals surface area contributed by atoms with Crippen LogP contribution in [0, 0.1) is 0 Å². The standard InChI is InChI=1S/C32H53N11O12P2Si2/c1-31(2,3)58(7,8)54-21-17-12-49-56(45,46)41-18-16(11-50-57(47,48)53-23(21)29(52-17)43-15-38-20-26(43)39-30(34)40-27(20)44)51-28(22(18)55-59(9,10)32(4,5)6)42-14-37-19-24(33)35-13-36-25(19)42/h13-18,21-23,28-29H,11-12H2,1-10H3,(H,47,48)(H2,33,35,36)(H2,41,45,46)(H3,34,39,40,44). The molecule has 2 bridgehead atoms. The summed E-state index contributed by atoms with van der Waals surface area (Å²) in [6.07, 6.45) is -4.65. The van der Waals surface area contributed by atoms with Crippen molar-refractivity contribution in [2.45, 2.75) is 127 Å². The van der Waals surface area contributed by atoms with Crippen LogP contribution in [0.3, 0.4) is 0 Å². The summed E-state index contributed by atoms with van der Waals surface area (Å²) in [6, 6.07) is -1.19. The van der Waals surface area contributed by atoms with Gasteiger partial charge < -0.3 is 39.6 Å². The van der Waals surface area contributed by atoms with Gasteiger partial charge in [-0.2, -0.15) is 4.98 Å². The topological polar surface area (TPSA) is 310 Å². The third kappa shape index (κ3) is 8.47. The number of aromatic nitrogens is 8. The maximum Gasteiger partial charge on any atom is 0.472 e. The average molecular weight is 902 g/mol. The molecule has 0 saturated carbocycles. The molecule has 0 spiro atoms. The fraction of sp³-hybridized carbons (Fsp3) is 0.688. The number of hydrogen-bond acceptors (Lipinski definition) is 17. The number of H-pyrrole nitrogens is 1. The Bertz CT molecular complexity index is 2380. The number of nitrogen functional groups attached to an aromatic ring is 2. The van der Waals surface area contributed by atoms with Crippen LogP contribution in [-0.4, -0.2) is 115 Å². The van der Waals surface area contributed by atoms with Crippen LogP contribution >= 0.6 is 15.6 Å². The highest BCUT2D eigenvalue weighted by Gasteiger charge is 2.57. The van der Waals surface area contributed by atoms with E-state index < -0.39 is 100.0 Å².